The van der Waals surface area contributed by atoms with Crippen molar-refractivity contribution in [2.75, 3.05) is 19.6 Å². The summed E-state index contributed by atoms with van der Waals surface area (Å²) >= 11 is 13.9. The van der Waals surface area contributed by atoms with Gasteiger partial charge in [0.2, 0.25) is 5.91 Å². The van der Waals surface area contributed by atoms with Crippen molar-refractivity contribution in [3.63, 3.8) is 0 Å². The Morgan fingerprint density at radius 2 is 1.82 bits per heavy atom. The SMILES string of the molecule is Cc1ccc(C2c3ccsc3CCN2C(=O)CN(CC(C)C)C(=O)c2ccc(Cl)c(Cl)c2)cc1. The lowest BCUT2D eigenvalue weighted by Gasteiger charge is -2.38. The number of aryl methyl sites for hydroxylation is 1. The summed E-state index contributed by atoms with van der Waals surface area (Å²) in [5.74, 6) is -0.0746. The van der Waals surface area contributed by atoms with E-state index in [0.717, 1.165) is 12.0 Å². The number of amides is 2. The average Bonchev–Trinajstić information content (AvgIpc) is 3.28. The van der Waals surface area contributed by atoms with E-state index in [1.54, 1.807) is 34.4 Å². The smallest absolute Gasteiger partial charge is 0.254 e. The molecule has 0 radical (unpaired) electrons. The molecule has 1 aliphatic rings. The molecule has 3 aromatic rings. The van der Waals surface area contributed by atoms with E-state index in [1.165, 1.54) is 16.0 Å². The molecule has 0 bridgehead atoms. The van der Waals surface area contributed by atoms with Crippen molar-refractivity contribution >= 4 is 46.4 Å². The summed E-state index contributed by atoms with van der Waals surface area (Å²) in [5.41, 5.74) is 3.87. The molecule has 4 rings (SSSR count). The monoisotopic (exact) mass is 514 g/mol. The number of carbonyl (C=O) groups is 2. The highest BCUT2D eigenvalue weighted by atomic mass is 35.5. The quantitative estimate of drug-likeness (QED) is 0.370. The summed E-state index contributed by atoms with van der Waals surface area (Å²) in [6.07, 6.45) is 0.825. The van der Waals surface area contributed by atoms with E-state index < -0.39 is 0 Å². The first-order valence-electron chi connectivity index (χ1n) is 11.4. The van der Waals surface area contributed by atoms with Gasteiger partial charge in [0.25, 0.3) is 5.91 Å². The average molecular weight is 516 g/mol. The number of hydrogen-bond donors (Lipinski definition) is 0. The van der Waals surface area contributed by atoms with Crippen LogP contribution in [0.15, 0.2) is 53.9 Å². The largest absolute Gasteiger partial charge is 0.330 e. The van der Waals surface area contributed by atoms with Crippen LogP contribution in [0.5, 0.6) is 0 Å². The van der Waals surface area contributed by atoms with Gasteiger partial charge in [-0.05, 0) is 60.0 Å². The molecule has 2 aromatic carbocycles. The van der Waals surface area contributed by atoms with Crippen LogP contribution in [0, 0.1) is 12.8 Å². The Kier molecular flexibility index (Phi) is 7.66. The summed E-state index contributed by atoms with van der Waals surface area (Å²) in [6.45, 7) is 7.24. The summed E-state index contributed by atoms with van der Waals surface area (Å²) < 4.78 is 0. The van der Waals surface area contributed by atoms with Crippen molar-refractivity contribution in [2.45, 2.75) is 33.2 Å². The third-order valence-electron chi connectivity index (χ3n) is 6.04. The molecule has 0 saturated heterocycles. The van der Waals surface area contributed by atoms with Gasteiger partial charge in [-0.2, -0.15) is 0 Å². The Balaban J connectivity index is 1.62. The Bertz CT molecular complexity index is 1190. The zero-order valence-corrected chi connectivity index (χ0v) is 21.9. The molecule has 4 nitrogen and oxygen atoms in total. The van der Waals surface area contributed by atoms with Crippen LogP contribution in [0.3, 0.4) is 0 Å². The van der Waals surface area contributed by atoms with Crippen LogP contribution in [0.2, 0.25) is 10.0 Å². The molecule has 1 aromatic heterocycles. The number of carbonyl (C=O) groups excluding carboxylic acids is 2. The van der Waals surface area contributed by atoms with E-state index >= 15 is 0 Å². The normalized spacial score (nSPS) is 15.4. The maximum atomic E-state index is 13.7. The zero-order valence-electron chi connectivity index (χ0n) is 19.6. The molecule has 1 aliphatic heterocycles. The van der Waals surface area contributed by atoms with Gasteiger partial charge in [-0.15, -0.1) is 11.3 Å². The molecule has 0 aliphatic carbocycles. The summed E-state index contributed by atoms with van der Waals surface area (Å²) in [5, 5.41) is 2.81. The van der Waals surface area contributed by atoms with Gasteiger partial charge >= 0.3 is 0 Å². The minimum Gasteiger partial charge on any atom is -0.330 e. The van der Waals surface area contributed by atoms with E-state index in [0.29, 0.717) is 28.7 Å². The Labute approximate surface area is 215 Å². The predicted molar refractivity (Wildman–Crippen MR) is 140 cm³/mol. The number of benzene rings is 2. The van der Waals surface area contributed by atoms with Crippen molar-refractivity contribution in [1.29, 1.82) is 0 Å². The summed E-state index contributed by atoms with van der Waals surface area (Å²) in [7, 11) is 0. The fourth-order valence-electron chi connectivity index (χ4n) is 4.42. The van der Waals surface area contributed by atoms with Gasteiger partial charge in [0.1, 0.15) is 6.54 Å². The van der Waals surface area contributed by atoms with Gasteiger partial charge in [0, 0.05) is 23.5 Å². The van der Waals surface area contributed by atoms with E-state index in [4.69, 9.17) is 23.2 Å². The molecule has 178 valence electrons. The second-order valence-electron chi connectivity index (χ2n) is 9.16. The standard InChI is InChI=1S/C27H28Cl2N2O2S/c1-17(2)15-30(27(33)20-8-9-22(28)23(29)14-20)16-25(32)31-12-10-24-21(11-13-34-24)26(31)19-6-4-18(3)5-7-19/h4-9,11,13-14,17,26H,10,12,15-16H2,1-3H3. The molecule has 2 amide bonds. The Morgan fingerprint density at radius 3 is 2.50 bits per heavy atom. The molecular weight excluding hydrogens is 487 g/mol. The molecule has 2 heterocycles. The van der Waals surface area contributed by atoms with E-state index in [9.17, 15) is 9.59 Å². The van der Waals surface area contributed by atoms with Crippen LogP contribution in [0.1, 0.15) is 51.8 Å². The highest BCUT2D eigenvalue weighted by molar-refractivity contribution is 7.10. The van der Waals surface area contributed by atoms with E-state index in [-0.39, 0.29) is 30.3 Å². The van der Waals surface area contributed by atoms with Gasteiger partial charge < -0.3 is 9.80 Å². The Morgan fingerprint density at radius 1 is 1.09 bits per heavy atom. The minimum absolute atomic E-state index is 0.0130. The Hall–Kier alpha value is -2.34. The second kappa shape index (κ2) is 10.5. The van der Waals surface area contributed by atoms with Crippen LogP contribution >= 0.6 is 34.5 Å². The summed E-state index contributed by atoms with van der Waals surface area (Å²) in [6, 6.07) is 15.2. The molecule has 0 N–H and O–H groups in total. The number of rotatable bonds is 6. The van der Waals surface area contributed by atoms with Gasteiger partial charge in [0.15, 0.2) is 0 Å². The maximum Gasteiger partial charge on any atom is 0.254 e. The molecule has 1 unspecified atom stereocenters. The minimum atomic E-state index is -0.222. The number of fused-ring (bicyclic) bond motifs is 1. The molecule has 34 heavy (non-hydrogen) atoms. The first-order valence-corrected chi connectivity index (χ1v) is 13.0. The van der Waals surface area contributed by atoms with Crippen molar-refractivity contribution < 1.29 is 9.59 Å². The first kappa shape index (κ1) is 24.8. The van der Waals surface area contributed by atoms with Crippen LogP contribution in [0.25, 0.3) is 0 Å². The lowest BCUT2D eigenvalue weighted by atomic mass is 9.92. The van der Waals surface area contributed by atoms with E-state index in [1.807, 2.05) is 18.7 Å². The predicted octanol–water partition coefficient (Wildman–Crippen LogP) is 6.64. The van der Waals surface area contributed by atoms with Crippen LogP contribution < -0.4 is 0 Å². The van der Waals surface area contributed by atoms with Crippen LogP contribution in [-0.4, -0.2) is 41.2 Å². The molecule has 0 spiro atoms. The first-order chi connectivity index (χ1) is 16.2. The third kappa shape index (κ3) is 5.32. The lowest BCUT2D eigenvalue weighted by molar-refractivity contribution is -0.134. The maximum absolute atomic E-state index is 13.7. The van der Waals surface area contributed by atoms with E-state index in [2.05, 4.69) is 42.6 Å². The number of nitrogens with zero attached hydrogens (tertiary/aromatic N) is 2. The molecule has 1 atom stereocenters. The summed E-state index contributed by atoms with van der Waals surface area (Å²) in [4.78, 5) is 32.0. The molecule has 0 fully saturated rings. The van der Waals surface area contributed by atoms with Crippen molar-refractivity contribution in [3.8, 4) is 0 Å². The second-order valence-corrected chi connectivity index (χ2v) is 11.0. The highest BCUT2D eigenvalue weighted by Crippen LogP contribution is 2.38. The topological polar surface area (TPSA) is 40.6 Å². The highest BCUT2D eigenvalue weighted by Gasteiger charge is 2.34. The number of halogens is 2. The zero-order chi connectivity index (χ0) is 24.4. The fraction of sp³-hybridized carbons (Fsp3) is 0.333. The van der Waals surface area contributed by atoms with Crippen molar-refractivity contribution in [3.05, 3.63) is 91.1 Å². The van der Waals surface area contributed by atoms with Gasteiger partial charge in [-0.1, -0.05) is 66.9 Å². The van der Waals surface area contributed by atoms with Crippen molar-refractivity contribution in [1.82, 2.24) is 9.80 Å². The molecule has 0 saturated carbocycles. The van der Waals surface area contributed by atoms with Gasteiger partial charge in [-0.3, -0.25) is 9.59 Å². The lowest BCUT2D eigenvalue weighted by Crippen LogP contribution is -2.47. The van der Waals surface area contributed by atoms with Crippen LogP contribution in [0.4, 0.5) is 0 Å². The molecule has 7 heteroatoms. The van der Waals surface area contributed by atoms with Gasteiger partial charge in [-0.25, -0.2) is 0 Å². The van der Waals surface area contributed by atoms with Gasteiger partial charge in [0.05, 0.1) is 16.1 Å². The molecular formula is C27H28Cl2N2O2S. The number of hydrogen-bond acceptors (Lipinski definition) is 3. The van der Waals surface area contributed by atoms with Crippen molar-refractivity contribution in [2.24, 2.45) is 5.92 Å². The van der Waals surface area contributed by atoms with Crippen LogP contribution in [-0.2, 0) is 11.2 Å². The third-order valence-corrected chi connectivity index (χ3v) is 7.78. The number of thiophene rings is 1. The fourth-order valence-corrected chi connectivity index (χ4v) is 5.62.